The second-order valence-electron chi connectivity index (χ2n) is 4.64. The van der Waals surface area contributed by atoms with Crippen LogP contribution in [0, 0.1) is 5.92 Å². The van der Waals surface area contributed by atoms with Crippen LogP contribution in [0.5, 0.6) is 11.5 Å². The fourth-order valence-corrected chi connectivity index (χ4v) is 2.44. The van der Waals surface area contributed by atoms with Crippen LogP contribution in [-0.4, -0.2) is 21.3 Å². The van der Waals surface area contributed by atoms with Crippen LogP contribution in [0.4, 0.5) is 0 Å². The SMILES string of the molecule is CCCC(C)C(NC)c1ccc(OC)cc1OC. The van der Waals surface area contributed by atoms with Crippen LogP contribution in [-0.2, 0) is 0 Å². The van der Waals surface area contributed by atoms with Gasteiger partial charge in [0.15, 0.2) is 0 Å². The highest BCUT2D eigenvalue weighted by Gasteiger charge is 2.20. The minimum Gasteiger partial charge on any atom is -0.497 e. The lowest BCUT2D eigenvalue weighted by molar-refractivity contribution is 0.352. The first kappa shape index (κ1) is 14.8. The van der Waals surface area contributed by atoms with Crippen LogP contribution >= 0.6 is 0 Å². The van der Waals surface area contributed by atoms with Gasteiger partial charge in [0.1, 0.15) is 11.5 Å². The Bertz CT molecular complexity index is 366. The molecular formula is C15H25NO2. The zero-order valence-electron chi connectivity index (χ0n) is 12.1. The van der Waals surface area contributed by atoms with Crippen molar-refractivity contribution in [3.63, 3.8) is 0 Å². The molecule has 1 aromatic carbocycles. The van der Waals surface area contributed by atoms with E-state index in [1.165, 1.54) is 18.4 Å². The molecule has 0 aliphatic rings. The van der Waals surface area contributed by atoms with Crippen LogP contribution < -0.4 is 14.8 Å². The second kappa shape index (κ2) is 7.27. The van der Waals surface area contributed by atoms with E-state index in [2.05, 4.69) is 25.2 Å². The van der Waals surface area contributed by atoms with Crippen molar-refractivity contribution in [1.29, 1.82) is 0 Å². The van der Waals surface area contributed by atoms with E-state index in [0.29, 0.717) is 12.0 Å². The average Bonchev–Trinajstić information content (AvgIpc) is 2.40. The molecule has 2 atom stereocenters. The van der Waals surface area contributed by atoms with E-state index in [1.54, 1.807) is 14.2 Å². The van der Waals surface area contributed by atoms with Crippen LogP contribution in [0.25, 0.3) is 0 Å². The summed E-state index contributed by atoms with van der Waals surface area (Å²) in [5.74, 6) is 2.28. The van der Waals surface area contributed by atoms with E-state index >= 15 is 0 Å². The predicted molar refractivity (Wildman–Crippen MR) is 75.4 cm³/mol. The fraction of sp³-hybridized carbons (Fsp3) is 0.600. The Labute approximate surface area is 110 Å². The van der Waals surface area contributed by atoms with Crippen molar-refractivity contribution in [3.8, 4) is 11.5 Å². The monoisotopic (exact) mass is 251 g/mol. The standard InChI is InChI=1S/C15H25NO2/c1-6-7-11(2)15(16-3)13-9-8-12(17-4)10-14(13)18-5/h8-11,15-16H,6-7H2,1-5H3. The maximum absolute atomic E-state index is 5.48. The average molecular weight is 251 g/mol. The van der Waals surface area contributed by atoms with Crippen LogP contribution in [0.1, 0.15) is 38.3 Å². The first-order valence-corrected chi connectivity index (χ1v) is 6.57. The number of methoxy groups -OCH3 is 2. The minimum absolute atomic E-state index is 0.311. The molecule has 0 heterocycles. The second-order valence-corrected chi connectivity index (χ2v) is 4.64. The number of hydrogen-bond donors (Lipinski definition) is 1. The Morgan fingerprint density at radius 3 is 2.44 bits per heavy atom. The quantitative estimate of drug-likeness (QED) is 0.805. The lowest BCUT2D eigenvalue weighted by Crippen LogP contribution is -2.24. The lowest BCUT2D eigenvalue weighted by atomic mass is 9.90. The van der Waals surface area contributed by atoms with E-state index in [1.807, 2.05) is 19.2 Å². The number of benzene rings is 1. The summed E-state index contributed by atoms with van der Waals surface area (Å²) >= 11 is 0. The highest BCUT2D eigenvalue weighted by Crippen LogP contribution is 2.34. The normalized spacial score (nSPS) is 14.1. The summed E-state index contributed by atoms with van der Waals surface area (Å²) in [6.07, 6.45) is 2.39. The summed E-state index contributed by atoms with van der Waals surface area (Å²) in [4.78, 5) is 0. The molecule has 0 bridgehead atoms. The number of ether oxygens (including phenoxy) is 2. The Morgan fingerprint density at radius 1 is 1.22 bits per heavy atom. The number of hydrogen-bond acceptors (Lipinski definition) is 3. The molecule has 3 nitrogen and oxygen atoms in total. The molecule has 0 amide bonds. The Hall–Kier alpha value is -1.22. The smallest absolute Gasteiger partial charge is 0.127 e. The molecule has 0 radical (unpaired) electrons. The van der Waals surface area contributed by atoms with Crippen LogP contribution in [0.15, 0.2) is 18.2 Å². The molecule has 0 spiro atoms. The molecular weight excluding hydrogens is 226 g/mol. The van der Waals surface area contributed by atoms with Crippen molar-refractivity contribution in [2.24, 2.45) is 5.92 Å². The third kappa shape index (κ3) is 3.39. The predicted octanol–water partition coefficient (Wildman–Crippen LogP) is 3.40. The van der Waals surface area contributed by atoms with Crippen molar-refractivity contribution in [2.45, 2.75) is 32.7 Å². The molecule has 1 rings (SSSR count). The molecule has 102 valence electrons. The third-order valence-corrected chi connectivity index (χ3v) is 3.40. The van der Waals surface area contributed by atoms with E-state index in [0.717, 1.165) is 11.5 Å². The zero-order chi connectivity index (χ0) is 13.5. The maximum Gasteiger partial charge on any atom is 0.127 e. The zero-order valence-corrected chi connectivity index (χ0v) is 12.1. The van der Waals surface area contributed by atoms with E-state index in [9.17, 15) is 0 Å². The van der Waals surface area contributed by atoms with Gasteiger partial charge in [0.2, 0.25) is 0 Å². The van der Waals surface area contributed by atoms with Gasteiger partial charge in [0.25, 0.3) is 0 Å². The van der Waals surface area contributed by atoms with Crippen LogP contribution in [0.2, 0.25) is 0 Å². The van der Waals surface area contributed by atoms with Gasteiger partial charge in [0.05, 0.1) is 14.2 Å². The molecule has 1 N–H and O–H groups in total. The van der Waals surface area contributed by atoms with Crippen molar-refractivity contribution >= 4 is 0 Å². The number of rotatable bonds is 7. The Morgan fingerprint density at radius 2 is 1.94 bits per heavy atom. The van der Waals surface area contributed by atoms with Crippen molar-refractivity contribution < 1.29 is 9.47 Å². The van der Waals surface area contributed by atoms with Crippen LogP contribution in [0.3, 0.4) is 0 Å². The highest BCUT2D eigenvalue weighted by molar-refractivity contribution is 5.42. The van der Waals surface area contributed by atoms with Crippen molar-refractivity contribution in [2.75, 3.05) is 21.3 Å². The molecule has 0 aliphatic carbocycles. The van der Waals surface area contributed by atoms with Gasteiger partial charge in [-0.2, -0.15) is 0 Å². The van der Waals surface area contributed by atoms with Gasteiger partial charge < -0.3 is 14.8 Å². The molecule has 0 aromatic heterocycles. The first-order valence-electron chi connectivity index (χ1n) is 6.57. The molecule has 0 saturated carbocycles. The third-order valence-electron chi connectivity index (χ3n) is 3.40. The molecule has 3 heteroatoms. The Kier molecular flexibility index (Phi) is 5.99. The molecule has 0 saturated heterocycles. The van der Waals surface area contributed by atoms with Gasteiger partial charge in [-0.15, -0.1) is 0 Å². The van der Waals surface area contributed by atoms with Gasteiger partial charge >= 0.3 is 0 Å². The number of nitrogens with one attached hydrogen (secondary N) is 1. The van der Waals surface area contributed by atoms with E-state index < -0.39 is 0 Å². The molecule has 1 aromatic rings. The van der Waals surface area contributed by atoms with Gasteiger partial charge in [0, 0.05) is 17.7 Å². The fourth-order valence-electron chi connectivity index (χ4n) is 2.44. The lowest BCUT2D eigenvalue weighted by Gasteiger charge is -2.25. The van der Waals surface area contributed by atoms with E-state index in [4.69, 9.17) is 9.47 Å². The molecule has 0 aliphatic heterocycles. The molecule has 0 fully saturated rings. The van der Waals surface area contributed by atoms with Gasteiger partial charge in [-0.1, -0.05) is 26.3 Å². The minimum atomic E-state index is 0.311. The summed E-state index contributed by atoms with van der Waals surface area (Å²) < 4.78 is 10.7. The van der Waals surface area contributed by atoms with Gasteiger partial charge in [-0.05, 0) is 25.5 Å². The summed E-state index contributed by atoms with van der Waals surface area (Å²) in [5, 5.41) is 3.39. The van der Waals surface area contributed by atoms with Gasteiger partial charge in [-0.25, -0.2) is 0 Å². The Balaban J connectivity index is 3.04. The summed E-state index contributed by atoms with van der Waals surface area (Å²) in [6, 6.07) is 6.33. The molecule has 18 heavy (non-hydrogen) atoms. The van der Waals surface area contributed by atoms with Gasteiger partial charge in [-0.3, -0.25) is 0 Å². The largest absolute Gasteiger partial charge is 0.497 e. The maximum atomic E-state index is 5.48. The summed E-state index contributed by atoms with van der Waals surface area (Å²) in [7, 11) is 5.37. The van der Waals surface area contributed by atoms with Crippen molar-refractivity contribution in [1.82, 2.24) is 5.32 Å². The first-order chi connectivity index (χ1) is 8.67. The molecule has 2 unspecified atom stereocenters. The summed E-state index contributed by atoms with van der Waals surface area (Å²) in [6.45, 7) is 4.49. The van der Waals surface area contributed by atoms with E-state index in [-0.39, 0.29) is 0 Å². The summed E-state index contributed by atoms with van der Waals surface area (Å²) in [5.41, 5.74) is 1.20. The topological polar surface area (TPSA) is 30.5 Å². The van der Waals surface area contributed by atoms with Crippen molar-refractivity contribution in [3.05, 3.63) is 23.8 Å². The highest BCUT2D eigenvalue weighted by atomic mass is 16.5.